The van der Waals surface area contributed by atoms with Crippen molar-refractivity contribution in [3.05, 3.63) is 41.9 Å². The van der Waals surface area contributed by atoms with Gasteiger partial charge in [-0.05, 0) is 24.1 Å². The molecule has 0 fully saturated rings. The highest BCUT2D eigenvalue weighted by molar-refractivity contribution is 5.93. The van der Waals surface area contributed by atoms with Crippen LogP contribution in [-0.4, -0.2) is 26.9 Å². The number of benzene rings is 1. The van der Waals surface area contributed by atoms with Crippen molar-refractivity contribution in [2.45, 2.75) is 32.6 Å². The molecule has 0 spiro atoms. The molecular formula is C16H16F3N3O. The summed E-state index contributed by atoms with van der Waals surface area (Å²) in [5.41, 5.74) is 0.575. The fraction of sp³-hybridized carbons (Fsp3) is 0.375. The second kappa shape index (κ2) is 5.72. The Hall–Kier alpha value is -2.31. The van der Waals surface area contributed by atoms with Crippen molar-refractivity contribution in [1.29, 1.82) is 0 Å². The molecule has 0 unspecified atom stereocenters. The molecule has 122 valence electrons. The number of nitrogens with zero attached hydrogens (tertiary/aromatic N) is 3. The van der Waals surface area contributed by atoms with Crippen LogP contribution in [0.5, 0.6) is 0 Å². The first-order chi connectivity index (χ1) is 10.9. The molecule has 2 aromatic rings. The first-order valence-electron chi connectivity index (χ1n) is 7.44. The highest BCUT2D eigenvalue weighted by atomic mass is 19.4. The van der Waals surface area contributed by atoms with Crippen LogP contribution >= 0.6 is 0 Å². The molecule has 1 aromatic heterocycles. The summed E-state index contributed by atoms with van der Waals surface area (Å²) >= 11 is 0. The van der Waals surface area contributed by atoms with Gasteiger partial charge in [0.05, 0.1) is 24.1 Å². The predicted molar refractivity (Wildman–Crippen MR) is 78.6 cm³/mol. The fourth-order valence-corrected chi connectivity index (χ4v) is 2.65. The quantitative estimate of drug-likeness (QED) is 0.859. The SMILES string of the molecule is CCCCN1Cn2c(-c3ccc(C(F)(F)F)cc3)cnc2C1=O. The number of amides is 1. The van der Waals surface area contributed by atoms with Crippen molar-refractivity contribution in [2.75, 3.05) is 6.54 Å². The summed E-state index contributed by atoms with van der Waals surface area (Å²) in [6.45, 7) is 3.10. The number of carbonyl (C=O) groups excluding carboxylic acids is 1. The molecule has 1 amide bonds. The van der Waals surface area contributed by atoms with Crippen LogP contribution in [0.3, 0.4) is 0 Å². The highest BCUT2D eigenvalue weighted by Crippen LogP contribution is 2.32. The zero-order valence-electron chi connectivity index (χ0n) is 12.6. The van der Waals surface area contributed by atoms with Gasteiger partial charge in [-0.1, -0.05) is 25.5 Å². The van der Waals surface area contributed by atoms with Crippen molar-refractivity contribution in [3.63, 3.8) is 0 Å². The Kier molecular flexibility index (Phi) is 3.87. The summed E-state index contributed by atoms with van der Waals surface area (Å²) in [6, 6.07) is 4.90. The number of carbonyl (C=O) groups is 1. The molecule has 0 atom stereocenters. The minimum atomic E-state index is -4.36. The highest BCUT2D eigenvalue weighted by Gasteiger charge is 2.32. The number of hydrogen-bond donors (Lipinski definition) is 0. The summed E-state index contributed by atoms with van der Waals surface area (Å²) in [6.07, 6.45) is -0.929. The molecule has 4 nitrogen and oxygen atoms in total. The Balaban J connectivity index is 1.87. The van der Waals surface area contributed by atoms with E-state index < -0.39 is 11.7 Å². The number of fused-ring (bicyclic) bond motifs is 1. The van der Waals surface area contributed by atoms with Crippen LogP contribution in [0.1, 0.15) is 35.9 Å². The number of unbranched alkanes of at least 4 members (excludes halogenated alkanes) is 1. The molecular weight excluding hydrogens is 307 g/mol. The number of hydrogen-bond acceptors (Lipinski definition) is 2. The smallest absolute Gasteiger partial charge is 0.318 e. The van der Waals surface area contributed by atoms with Crippen molar-refractivity contribution in [1.82, 2.24) is 14.5 Å². The molecule has 3 rings (SSSR count). The van der Waals surface area contributed by atoms with Gasteiger partial charge in [0.1, 0.15) is 0 Å². The standard InChI is InChI=1S/C16H16F3N3O/c1-2-3-8-21-10-22-13(9-20-14(22)15(21)23)11-4-6-12(7-5-11)16(17,18)19/h4-7,9H,2-3,8,10H2,1H3. The summed E-state index contributed by atoms with van der Waals surface area (Å²) in [5.74, 6) is 0.215. The predicted octanol–water partition coefficient (Wildman–Crippen LogP) is 3.78. The average molecular weight is 323 g/mol. The van der Waals surface area contributed by atoms with Gasteiger partial charge in [-0.15, -0.1) is 0 Å². The topological polar surface area (TPSA) is 38.1 Å². The van der Waals surface area contributed by atoms with Gasteiger partial charge in [0.2, 0.25) is 5.82 Å². The Morgan fingerprint density at radius 2 is 1.91 bits per heavy atom. The molecule has 7 heteroatoms. The molecule has 23 heavy (non-hydrogen) atoms. The van der Waals surface area contributed by atoms with Gasteiger partial charge in [-0.2, -0.15) is 13.2 Å². The van der Waals surface area contributed by atoms with Gasteiger partial charge in [-0.25, -0.2) is 4.98 Å². The molecule has 2 heterocycles. The van der Waals surface area contributed by atoms with E-state index >= 15 is 0 Å². The summed E-state index contributed by atoms with van der Waals surface area (Å²) in [5, 5.41) is 0. The number of rotatable bonds is 4. The van der Waals surface area contributed by atoms with Crippen molar-refractivity contribution < 1.29 is 18.0 Å². The van der Waals surface area contributed by atoms with Crippen LogP contribution in [0.4, 0.5) is 13.2 Å². The van der Waals surface area contributed by atoms with Crippen LogP contribution in [0.25, 0.3) is 11.3 Å². The molecule has 0 N–H and O–H groups in total. The molecule has 0 saturated heterocycles. The lowest BCUT2D eigenvalue weighted by Gasteiger charge is -2.15. The second-order valence-corrected chi connectivity index (χ2v) is 5.53. The van der Waals surface area contributed by atoms with E-state index in [1.165, 1.54) is 18.3 Å². The molecule has 0 saturated carbocycles. The van der Waals surface area contributed by atoms with Gasteiger partial charge in [0, 0.05) is 6.54 Å². The zero-order valence-corrected chi connectivity index (χ0v) is 12.6. The van der Waals surface area contributed by atoms with Gasteiger partial charge < -0.3 is 9.47 Å². The van der Waals surface area contributed by atoms with Crippen molar-refractivity contribution in [2.24, 2.45) is 0 Å². The molecule has 1 aliphatic rings. The Morgan fingerprint density at radius 1 is 1.22 bits per heavy atom. The molecule has 0 aliphatic carbocycles. The van der Waals surface area contributed by atoms with Crippen molar-refractivity contribution >= 4 is 5.91 Å². The first kappa shape index (κ1) is 15.6. The van der Waals surface area contributed by atoms with Crippen LogP contribution in [-0.2, 0) is 12.8 Å². The lowest BCUT2D eigenvalue weighted by atomic mass is 10.1. The molecule has 1 aliphatic heterocycles. The van der Waals surface area contributed by atoms with E-state index in [1.54, 1.807) is 9.47 Å². The van der Waals surface area contributed by atoms with E-state index in [-0.39, 0.29) is 5.91 Å². The third-order valence-corrected chi connectivity index (χ3v) is 3.94. The monoisotopic (exact) mass is 323 g/mol. The van der Waals surface area contributed by atoms with Gasteiger partial charge in [0.15, 0.2) is 0 Å². The molecule has 1 aromatic carbocycles. The fourth-order valence-electron chi connectivity index (χ4n) is 2.65. The number of alkyl halides is 3. The minimum Gasteiger partial charge on any atom is -0.318 e. The number of aromatic nitrogens is 2. The summed E-state index contributed by atoms with van der Waals surface area (Å²) < 4.78 is 39.7. The van der Waals surface area contributed by atoms with E-state index in [4.69, 9.17) is 0 Å². The first-order valence-corrected chi connectivity index (χ1v) is 7.44. The maximum absolute atomic E-state index is 12.6. The lowest BCUT2D eigenvalue weighted by Crippen LogP contribution is -2.25. The van der Waals surface area contributed by atoms with Crippen LogP contribution in [0.2, 0.25) is 0 Å². The van der Waals surface area contributed by atoms with Gasteiger partial charge in [0.25, 0.3) is 5.91 Å². The zero-order chi connectivity index (χ0) is 16.6. The maximum Gasteiger partial charge on any atom is 0.416 e. The van der Waals surface area contributed by atoms with E-state index in [9.17, 15) is 18.0 Å². The third-order valence-electron chi connectivity index (χ3n) is 3.94. The van der Waals surface area contributed by atoms with Crippen molar-refractivity contribution in [3.8, 4) is 11.3 Å². The number of imidazole rings is 1. The minimum absolute atomic E-state index is 0.128. The van der Waals surface area contributed by atoms with E-state index in [2.05, 4.69) is 4.98 Å². The van der Waals surface area contributed by atoms with Gasteiger partial charge in [-0.3, -0.25) is 4.79 Å². The van der Waals surface area contributed by atoms with E-state index in [0.717, 1.165) is 25.0 Å². The molecule has 0 bridgehead atoms. The normalized spacial score (nSPS) is 14.4. The lowest BCUT2D eigenvalue weighted by molar-refractivity contribution is -0.137. The Labute approximate surface area is 131 Å². The summed E-state index contributed by atoms with van der Waals surface area (Å²) in [4.78, 5) is 18.1. The third kappa shape index (κ3) is 2.83. The van der Waals surface area contributed by atoms with Crippen LogP contribution in [0.15, 0.2) is 30.5 Å². The van der Waals surface area contributed by atoms with E-state index in [0.29, 0.717) is 30.3 Å². The molecule has 0 radical (unpaired) electrons. The maximum atomic E-state index is 12.6. The van der Waals surface area contributed by atoms with E-state index in [1.807, 2.05) is 6.92 Å². The largest absolute Gasteiger partial charge is 0.416 e. The Bertz CT molecular complexity index is 719. The average Bonchev–Trinajstić information content (AvgIpc) is 3.05. The Morgan fingerprint density at radius 3 is 2.52 bits per heavy atom. The van der Waals surface area contributed by atoms with Crippen LogP contribution < -0.4 is 0 Å². The van der Waals surface area contributed by atoms with Crippen LogP contribution in [0, 0.1) is 0 Å². The second-order valence-electron chi connectivity index (χ2n) is 5.53. The van der Waals surface area contributed by atoms with Gasteiger partial charge >= 0.3 is 6.18 Å². The summed E-state index contributed by atoms with van der Waals surface area (Å²) in [7, 11) is 0. The number of halogens is 3.